The first-order valence-electron chi connectivity index (χ1n) is 8.97. The summed E-state index contributed by atoms with van der Waals surface area (Å²) < 4.78 is 0. The molecule has 1 aromatic rings. The average Bonchev–Trinajstić information content (AvgIpc) is 2.51. The number of unbranched alkanes of at least 4 members (excludes halogenated alkanes) is 11. The molecule has 1 rings (SSSR count). The number of hydrogen-bond acceptors (Lipinski definition) is 1. The minimum absolute atomic E-state index is 0. The molecule has 0 bridgehead atoms. The van der Waals surface area contributed by atoms with Gasteiger partial charge in [-0.2, -0.15) is 31.0 Å². The summed E-state index contributed by atoms with van der Waals surface area (Å²) >= 11 is 0. The zero-order chi connectivity index (χ0) is 15.6. The number of rotatable bonds is 11. The minimum atomic E-state index is 0. The molecule has 3 heteroatoms. The molecule has 0 spiro atoms. The van der Waals surface area contributed by atoms with Crippen molar-refractivity contribution in [1.82, 2.24) is 6.15 Å². The Morgan fingerprint density at radius 3 is 1.38 bits per heavy atom. The second kappa shape index (κ2) is 27.9. The molecule has 1 nitrogen and oxygen atoms in total. The van der Waals surface area contributed by atoms with Crippen LogP contribution in [0, 0.1) is 13.8 Å². The molecule has 0 heterocycles. The predicted molar refractivity (Wildman–Crippen MR) is 115 cm³/mol. The Hall–Kier alpha value is 0.106. The molecule has 138 valence electrons. The van der Waals surface area contributed by atoms with Gasteiger partial charge in [0.25, 0.3) is 0 Å². The topological polar surface area (TPSA) is 35.0 Å². The van der Waals surface area contributed by atoms with E-state index < -0.39 is 0 Å². The molecule has 0 aliphatic heterocycles. The molecule has 0 saturated carbocycles. The van der Waals surface area contributed by atoms with Crippen LogP contribution in [0.5, 0.6) is 0 Å². The molecule has 0 aromatic heterocycles. The molecule has 0 amide bonds. The van der Waals surface area contributed by atoms with Crippen LogP contribution in [0.2, 0.25) is 0 Å². The number of benzene rings is 1. The Kier molecular flexibility index (Phi) is 37.1. The normalized spacial score (nSPS) is 8.75. The van der Waals surface area contributed by atoms with Gasteiger partial charge in [-0.15, -0.1) is 24.5 Å². The van der Waals surface area contributed by atoms with Crippen LogP contribution in [-0.4, -0.2) is 23.1 Å². The van der Waals surface area contributed by atoms with Crippen molar-refractivity contribution >= 4 is 35.5 Å². The summed E-state index contributed by atoms with van der Waals surface area (Å²) in [4.78, 5) is 0. The van der Waals surface area contributed by atoms with E-state index in [0.29, 0.717) is 0 Å². The third-order valence-electron chi connectivity index (χ3n) is 3.70. The van der Waals surface area contributed by atoms with Crippen LogP contribution in [0.25, 0.3) is 0 Å². The SMILES string of the molecule is Cl.N.[CH2-]CCCCCCCCCCCCC.[CH2-]c1ccccc1.[Mg+2]. The van der Waals surface area contributed by atoms with Gasteiger partial charge >= 0.3 is 23.1 Å². The van der Waals surface area contributed by atoms with Gasteiger partial charge in [-0.1, -0.05) is 83.6 Å². The van der Waals surface area contributed by atoms with Gasteiger partial charge in [0, 0.05) is 0 Å². The second-order valence-electron chi connectivity index (χ2n) is 5.87. The summed E-state index contributed by atoms with van der Waals surface area (Å²) in [6, 6.07) is 9.87. The van der Waals surface area contributed by atoms with Gasteiger partial charge in [0.1, 0.15) is 0 Å². The van der Waals surface area contributed by atoms with E-state index in [1.807, 2.05) is 30.3 Å². The van der Waals surface area contributed by atoms with Gasteiger partial charge in [-0.05, 0) is 0 Å². The molecule has 0 radical (unpaired) electrons. The smallest absolute Gasteiger partial charge is 0.344 e. The third-order valence-corrected chi connectivity index (χ3v) is 3.70. The van der Waals surface area contributed by atoms with E-state index >= 15 is 0 Å². The first kappa shape index (κ1) is 31.8. The molecule has 0 unspecified atom stereocenters. The molecular weight excluding hydrogens is 326 g/mol. The van der Waals surface area contributed by atoms with E-state index in [2.05, 4.69) is 20.8 Å². The second-order valence-corrected chi connectivity index (χ2v) is 5.87. The maximum absolute atomic E-state index is 3.86. The van der Waals surface area contributed by atoms with Crippen molar-refractivity contribution < 1.29 is 0 Å². The van der Waals surface area contributed by atoms with E-state index in [9.17, 15) is 0 Å². The monoisotopic (exact) mass is 365 g/mol. The quantitative estimate of drug-likeness (QED) is 0.244. The van der Waals surface area contributed by atoms with E-state index in [1.165, 1.54) is 70.6 Å². The fourth-order valence-corrected chi connectivity index (χ4v) is 2.32. The Balaban J connectivity index is -0.000000171. The van der Waals surface area contributed by atoms with Gasteiger partial charge < -0.3 is 13.1 Å². The molecule has 0 aliphatic carbocycles. The molecule has 24 heavy (non-hydrogen) atoms. The first-order chi connectivity index (χ1) is 10.3. The maximum Gasteiger partial charge on any atom is 2.00 e. The predicted octanol–water partition coefficient (Wildman–Crippen LogP) is 7.59. The van der Waals surface area contributed by atoms with Gasteiger partial charge in [0.05, 0.1) is 0 Å². The summed E-state index contributed by atoms with van der Waals surface area (Å²) in [5.74, 6) is 0. The van der Waals surface area contributed by atoms with Crippen molar-refractivity contribution in [3.63, 3.8) is 0 Å². The third kappa shape index (κ3) is 27.0. The first-order valence-corrected chi connectivity index (χ1v) is 8.97. The molecule has 0 aliphatic rings. The van der Waals surface area contributed by atoms with E-state index in [1.54, 1.807) is 0 Å². The average molecular weight is 366 g/mol. The largest absolute Gasteiger partial charge is 2.00 e. The Morgan fingerprint density at radius 1 is 0.708 bits per heavy atom. The van der Waals surface area contributed by atoms with E-state index in [0.717, 1.165) is 12.0 Å². The van der Waals surface area contributed by atoms with Crippen molar-refractivity contribution in [2.24, 2.45) is 0 Å². The molecule has 3 N–H and O–H groups in total. The Bertz CT molecular complexity index is 281. The van der Waals surface area contributed by atoms with Crippen molar-refractivity contribution in [1.29, 1.82) is 0 Å². The van der Waals surface area contributed by atoms with Crippen LogP contribution in [-0.2, 0) is 0 Å². The maximum atomic E-state index is 3.86. The van der Waals surface area contributed by atoms with Gasteiger partial charge in [-0.25, -0.2) is 0 Å². The molecular formula is C21H40ClMgN. The standard InChI is InChI=1S/C14H29.C7H7.ClH.Mg.H3N/c1-3-5-7-9-11-13-14-12-10-8-6-4-2;1-7-5-3-2-4-6-7;;;/h1,3-14H2,2H3;2-6H,1H2;1H;;1H3/q2*-1;;+2;. The van der Waals surface area contributed by atoms with Gasteiger partial charge in [0.2, 0.25) is 0 Å². The minimum Gasteiger partial charge on any atom is -0.344 e. The molecule has 0 atom stereocenters. The zero-order valence-electron chi connectivity index (χ0n) is 16.1. The van der Waals surface area contributed by atoms with E-state index in [4.69, 9.17) is 0 Å². The number of halogens is 1. The molecule has 0 fully saturated rings. The Labute approximate surface area is 174 Å². The van der Waals surface area contributed by atoms with Crippen LogP contribution in [0.3, 0.4) is 0 Å². The van der Waals surface area contributed by atoms with Crippen LogP contribution in [0.1, 0.15) is 89.5 Å². The van der Waals surface area contributed by atoms with Crippen LogP contribution < -0.4 is 6.15 Å². The number of hydrogen-bond donors (Lipinski definition) is 1. The van der Waals surface area contributed by atoms with Gasteiger partial charge in [-0.3, -0.25) is 0 Å². The van der Waals surface area contributed by atoms with Crippen molar-refractivity contribution in [2.75, 3.05) is 0 Å². The van der Waals surface area contributed by atoms with Crippen LogP contribution >= 0.6 is 12.4 Å². The summed E-state index contributed by atoms with van der Waals surface area (Å²) in [5, 5.41) is 0. The summed E-state index contributed by atoms with van der Waals surface area (Å²) in [6.45, 7) is 9.86. The summed E-state index contributed by atoms with van der Waals surface area (Å²) in [7, 11) is 0. The molecule has 1 aromatic carbocycles. The van der Waals surface area contributed by atoms with Crippen molar-refractivity contribution in [2.45, 2.75) is 84.0 Å². The Morgan fingerprint density at radius 2 is 1.08 bits per heavy atom. The fraction of sp³-hybridized carbons (Fsp3) is 0.619. The van der Waals surface area contributed by atoms with E-state index in [-0.39, 0.29) is 41.6 Å². The van der Waals surface area contributed by atoms with Gasteiger partial charge in [0.15, 0.2) is 0 Å². The zero-order valence-corrected chi connectivity index (χ0v) is 18.3. The van der Waals surface area contributed by atoms with Crippen molar-refractivity contribution in [3.05, 3.63) is 49.7 Å². The van der Waals surface area contributed by atoms with Crippen molar-refractivity contribution in [3.8, 4) is 0 Å². The molecule has 0 saturated heterocycles. The van der Waals surface area contributed by atoms with Crippen LogP contribution in [0.4, 0.5) is 0 Å². The summed E-state index contributed by atoms with van der Waals surface area (Å²) in [6.07, 6.45) is 16.9. The van der Waals surface area contributed by atoms with Crippen LogP contribution in [0.15, 0.2) is 30.3 Å². The fourth-order valence-electron chi connectivity index (χ4n) is 2.32. The summed E-state index contributed by atoms with van der Waals surface area (Å²) in [5.41, 5.74) is 1.07.